The van der Waals surface area contributed by atoms with Crippen LogP contribution < -0.4 is 10.2 Å². The Hall–Kier alpha value is -2.45. The second-order valence-electron chi connectivity index (χ2n) is 7.00. The molecule has 150 valence electrons. The molecule has 0 aromatic heterocycles. The average Bonchev–Trinajstić information content (AvgIpc) is 2.68. The van der Waals surface area contributed by atoms with Gasteiger partial charge in [-0.1, -0.05) is 12.5 Å². The SMILES string of the molecule is CN(C)c1ccc(S(=O)(=O)N2CCCCC2)cc1NC(=O)c1cccc(F)c1. The van der Waals surface area contributed by atoms with Crippen LogP contribution in [0.15, 0.2) is 47.4 Å². The summed E-state index contributed by atoms with van der Waals surface area (Å²) in [5.41, 5.74) is 1.17. The first-order valence-corrected chi connectivity index (χ1v) is 10.6. The van der Waals surface area contributed by atoms with Gasteiger partial charge in [-0.3, -0.25) is 4.79 Å². The number of rotatable bonds is 5. The fourth-order valence-corrected chi connectivity index (χ4v) is 4.79. The van der Waals surface area contributed by atoms with Gasteiger partial charge >= 0.3 is 0 Å². The number of sulfonamides is 1. The van der Waals surface area contributed by atoms with E-state index in [-0.39, 0.29) is 10.5 Å². The normalized spacial score (nSPS) is 15.2. The Balaban J connectivity index is 1.95. The summed E-state index contributed by atoms with van der Waals surface area (Å²) in [7, 11) is -0.0354. The lowest BCUT2D eigenvalue weighted by Gasteiger charge is -2.26. The minimum Gasteiger partial charge on any atom is -0.376 e. The van der Waals surface area contributed by atoms with Crippen molar-refractivity contribution in [1.29, 1.82) is 0 Å². The van der Waals surface area contributed by atoms with E-state index < -0.39 is 21.7 Å². The van der Waals surface area contributed by atoms with Crippen molar-refractivity contribution < 1.29 is 17.6 Å². The van der Waals surface area contributed by atoms with Gasteiger partial charge in [0.2, 0.25) is 10.0 Å². The predicted octanol–water partition coefficient (Wildman–Crippen LogP) is 3.32. The summed E-state index contributed by atoms with van der Waals surface area (Å²) in [6.45, 7) is 1.01. The van der Waals surface area contributed by atoms with Crippen molar-refractivity contribution in [2.75, 3.05) is 37.4 Å². The molecule has 0 saturated carbocycles. The number of anilines is 2. The molecule has 2 aromatic carbocycles. The van der Waals surface area contributed by atoms with Crippen LogP contribution in [0.2, 0.25) is 0 Å². The molecule has 1 heterocycles. The van der Waals surface area contributed by atoms with E-state index in [1.165, 1.54) is 28.6 Å². The molecule has 28 heavy (non-hydrogen) atoms. The van der Waals surface area contributed by atoms with Crippen molar-refractivity contribution in [2.24, 2.45) is 0 Å². The first-order chi connectivity index (χ1) is 13.3. The molecule has 0 spiro atoms. The Morgan fingerprint density at radius 1 is 1.07 bits per heavy atom. The van der Waals surface area contributed by atoms with E-state index in [4.69, 9.17) is 0 Å². The van der Waals surface area contributed by atoms with Gasteiger partial charge in [-0.2, -0.15) is 4.31 Å². The van der Waals surface area contributed by atoms with E-state index in [0.29, 0.717) is 24.5 Å². The monoisotopic (exact) mass is 405 g/mol. The summed E-state index contributed by atoms with van der Waals surface area (Å²) < 4.78 is 40.9. The first kappa shape index (κ1) is 20.3. The van der Waals surface area contributed by atoms with Gasteiger partial charge in [-0.05, 0) is 49.2 Å². The maximum atomic E-state index is 13.4. The molecule has 1 fully saturated rings. The van der Waals surface area contributed by atoms with Crippen LogP contribution in [-0.4, -0.2) is 45.8 Å². The van der Waals surface area contributed by atoms with E-state index in [1.807, 2.05) is 0 Å². The molecule has 1 aliphatic heterocycles. The highest BCUT2D eigenvalue weighted by molar-refractivity contribution is 7.89. The highest BCUT2D eigenvalue weighted by Gasteiger charge is 2.27. The fourth-order valence-electron chi connectivity index (χ4n) is 3.24. The Kier molecular flexibility index (Phi) is 6.00. The molecule has 1 N–H and O–H groups in total. The maximum absolute atomic E-state index is 13.4. The number of benzene rings is 2. The number of hydrogen-bond acceptors (Lipinski definition) is 4. The number of carbonyl (C=O) groups is 1. The van der Waals surface area contributed by atoms with Crippen molar-refractivity contribution in [3.63, 3.8) is 0 Å². The zero-order chi connectivity index (χ0) is 20.3. The van der Waals surface area contributed by atoms with Crippen LogP contribution in [0.25, 0.3) is 0 Å². The lowest BCUT2D eigenvalue weighted by atomic mass is 10.2. The van der Waals surface area contributed by atoms with Crippen LogP contribution in [0.1, 0.15) is 29.6 Å². The van der Waals surface area contributed by atoms with Crippen LogP contribution in [0.3, 0.4) is 0 Å². The Bertz CT molecular complexity index is 970. The molecule has 0 atom stereocenters. The van der Waals surface area contributed by atoms with E-state index in [0.717, 1.165) is 25.3 Å². The topological polar surface area (TPSA) is 69.7 Å². The number of carbonyl (C=O) groups excluding carboxylic acids is 1. The molecule has 0 radical (unpaired) electrons. The molecule has 0 bridgehead atoms. The summed E-state index contributed by atoms with van der Waals surface area (Å²) >= 11 is 0. The highest BCUT2D eigenvalue weighted by atomic mass is 32.2. The smallest absolute Gasteiger partial charge is 0.255 e. The first-order valence-electron chi connectivity index (χ1n) is 9.17. The van der Waals surface area contributed by atoms with Gasteiger partial charge < -0.3 is 10.2 Å². The summed E-state index contributed by atoms with van der Waals surface area (Å²) in [5.74, 6) is -1.02. The molecule has 1 saturated heterocycles. The fraction of sp³-hybridized carbons (Fsp3) is 0.350. The molecular formula is C20H24FN3O3S. The van der Waals surface area contributed by atoms with Gasteiger partial charge in [-0.15, -0.1) is 0 Å². The van der Waals surface area contributed by atoms with Crippen LogP contribution >= 0.6 is 0 Å². The Morgan fingerprint density at radius 3 is 2.43 bits per heavy atom. The van der Waals surface area contributed by atoms with Crippen molar-refractivity contribution >= 4 is 27.3 Å². The summed E-state index contributed by atoms with van der Waals surface area (Å²) in [5, 5.41) is 2.72. The summed E-state index contributed by atoms with van der Waals surface area (Å²) in [6.07, 6.45) is 2.72. The summed E-state index contributed by atoms with van der Waals surface area (Å²) in [4.78, 5) is 14.5. The van der Waals surface area contributed by atoms with E-state index in [2.05, 4.69) is 5.32 Å². The minimum atomic E-state index is -3.63. The maximum Gasteiger partial charge on any atom is 0.255 e. The van der Waals surface area contributed by atoms with Crippen LogP contribution in [0.4, 0.5) is 15.8 Å². The molecular weight excluding hydrogens is 381 g/mol. The number of hydrogen-bond donors (Lipinski definition) is 1. The zero-order valence-corrected chi connectivity index (χ0v) is 16.8. The number of nitrogens with one attached hydrogen (secondary N) is 1. The Labute approximate surface area is 165 Å². The largest absolute Gasteiger partial charge is 0.376 e. The van der Waals surface area contributed by atoms with E-state index >= 15 is 0 Å². The van der Waals surface area contributed by atoms with Crippen LogP contribution in [0.5, 0.6) is 0 Å². The molecule has 1 aliphatic rings. The lowest BCUT2D eigenvalue weighted by Crippen LogP contribution is -2.35. The number of piperidine rings is 1. The molecule has 1 amide bonds. The van der Waals surface area contributed by atoms with E-state index in [1.54, 1.807) is 31.1 Å². The molecule has 0 aliphatic carbocycles. The van der Waals surface area contributed by atoms with Gasteiger partial charge in [0.1, 0.15) is 5.82 Å². The van der Waals surface area contributed by atoms with Gasteiger partial charge in [0.15, 0.2) is 0 Å². The molecule has 6 nitrogen and oxygen atoms in total. The zero-order valence-electron chi connectivity index (χ0n) is 16.0. The van der Waals surface area contributed by atoms with Gasteiger partial charge in [0.05, 0.1) is 16.3 Å². The minimum absolute atomic E-state index is 0.134. The van der Waals surface area contributed by atoms with Crippen molar-refractivity contribution in [3.05, 3.63) is 53.8 Å². The van der Waals surface area contributed by atoms with Crippen LogP contribution in [0, 0.1) is 5.82 Å². The van der Waals surface area contributed by atoms with Gasteiger partial charge in [0.25, 0.3) is 5.91 Å². The summed E-state index contributed by atoms with van der Waals surface area (Å²) in [6, 6.07) is 10.0. The lowest BCUT2D eigenvalue weighted by molar-refractivity contribution is 0.102. The number of amides is 1. The van der Waals surface area contributed by atoms with Crippen molar-refractivity contribution in [3.8, 4) is 0 Å². The van der Waals surface area contributed by atoms with Crippen molar-refractivity contribution in [2.45, 2.75) is 24.2 Å². The molecule has 3 rings (SSSR count). The van der Waals surface area contributed by atoms with Gasteiger partial charge in [0, 0.05) is 32.7 Å². The molecule has 2 aromatic rings. The van der Waals surface area contributed by atoms with Crippen molar-refractivity contribution in [1.82, 2.24) is 4.31 Å². The predicted molar refractivity (Wildman–Crippen MR) is 108 cm³/mol. The second-order valence-corrected chi connectivity index (χ2v) is 8.94. The molecule has 0 unspecified atom stereocenters. The second kappa shape index (κ2) is 8.28. The molecule has 8 heteroatoms. The third kappa shape index (κ3) is 4.34. The van der Waals surface area contributed by atoms with Crippen LogP contribution in [-0.2, 0) is 10.0 Å². The standard InChI is InChI=1S/C20H24FN3O3S/c1-23(2)19-10-9-17(28(26,27)24-11-4-3-5-12-24)14-18(19)22-20(25)15-7-6-8-16(21)13-15/h6-10,13-14H,3-5,11-12H2,1-2H3,(H,22,25). The third-order valence-electron chi connectivity index (χ3n) is 4.74. The number of nitrogens with zero attached hydrogens (tertiary/aromatic N) is 2. The Morgan fingerprint density at radius 2 is 1.79 bits per heavy atom. The van der Waals surface area contributed by atoms with Gasteiger partial charge in [-0.25, -0.2) is 12.8 Å². The quantitative estimate of drug-likeness (QED) is 0.829. The average molecular weight is 405 g/mol. The van der Waals surface area contributed by atoms with E-state index in [9.17, 15) is 17.6 Å². The number of halogens is 1. The highest BCUT2D eigenvalue weighted by Crippen LogP contribution is 2.30. The third-order valence-corrected chi connectivity index (χ3v) is 6.63.